The second-order valence-corrected chi connectivity index (χ2v) is 3.76. The first-order valence-corrected chi connectivity index (χ1v) is 5.53. The number of thiazole rings is 1. The van der Waals surface area contributed by atoms with Crippen LogP contribution in [0.4, 0.5) is 0 Å². The molecule has 1 aromatic rings. The molecule has 2 nitrogen and oxygen atoms in total. The van der Waals surface area contributed by atoms with E-state index < -0.39 is 0 Å². The average Bonchev–Trinajstić information content (AvgIpc) is 2.64. The predicted octanol–water partition coefficient (Wildman–Crippen LogP) is 2.55. The summed E-state index contributed by atoms with van der Waals surface area (Å²) in [5.74, 6) is 0. The van der Waals surface area contributed by atoms with Gasteiger partial charge in [0.05, 0.1) is 5.51 Å². The lowest BCUT2D eigenvalue weighted by molar-refractivity contribution is 0.762. The van der Waals surface area contributed by atoms with Crippen LogP contribution in [0.25, 0.3) is 6.08 Å². The van der Waals surface area contributed by atoms with Gasteiger partial charge in [-0.1, -0.05) is 19.4 Å². The van der Waals surface area contributed by atoms with Crippen LogP contribution >= 0.6 is 11.3 Å². The van der Waals surface area contributed by atoms with Gasteiger partial charge in [-0.3, -0.25) is 4.98 Å². The van der Waals surface area contributed by atoms with Crippen LogP contribution in [-0.4, -0.2) is 18.1 Å². The fourth-order valence-electron chi connectivity index (χ4n) is 1.06. The van der Waals surface area contributed by atoms with Gasteiger partial charge < -0.3 is 5.32 Å². The molecule has 0 aromatic carbocycles. The van der Waals surface area contributed by atoms with Gasteiger partial charge in [-0.25, -0.2) is 0 Å². The summed E-state index contributed by atoms with van der Waals surface area (Å²) in [5, 5.41) is 3.33. The maximum absolute atomic E-state index is 4.04. The Bertz CT molecular complexity index is 252. The van der Waals surface area contributed by atoms with Crippen LogP contribution in [0, 0.1) is 0 Å². The number of nitrogens with one attached hydrogen (secondary N) is 1. The van der Waals surface area contributed by atoms with Crippen molar-refractivity contribution >= 4 is 17.4 Å². The highest BCUT2D eigenvalue weighted by atomic mass is 32.1. The van der Waals surface area contributed by atoms with Gasteiger partial charge in [0, 0.05) is 17.6 Å². The predicted molar refractivity (Wildman–Crippen MR) is 58.9 cm³/mol. The molecular weight excluding hydrogens is 180 g/mol. The summed E-state index contributed by atoms with van der Waals surface area (Å²) in [6.07, 6.45) is 5.23. The average molecular weight is 196 g/mol. The third-order valence-corrected chi connectivity index (χ3v) is 2.58. The lowest BCUT2D eigenvalue weighted by atomic mass is 10.2. The second kappa shape index (κ2) is 5.89. The minimum atomic E-state index is 0.991. The third kappa shape index (κ3) is 3.70. The zero-order valence-electron chi connectivity index (χ0n) is 8.21. The zero-order chi connectivity index (χ0) is 9.52. The van der Waals surface area contributed by atoms with Gasteiger partial charge in [0.15, 0.2) is 0 Å². The van der Waals surface area contributed by atoms with Crippen molar-refractivity contribution < 1.29 is 0 Å². The fourth-order valence-corrected chi connectivity index (χ4v) is 1.66. The Kier molecular flexibility index (Phi) is 4.72. The molecule has 1 aromatic heterocycles. The first-order chi connectivity index (χ1) is 6.36. The Morgan fingerprint density at radius 3 is 3.00 bits per heavy atom. The summed E-state index contributed by atoms with van der Waals surface area (Å²) in [4.78, 5) is 5.29. The summed E-state index contributed by atoms with van der Waals surface area (Å²) in [5.41, 5.74) is 3.30. The topological polar surface area (TPSA) is 24.9 Å². The van der Waals surface area contributed by atoms with Crippen molar-refractivity contribution in [2.45, 2.75) is 20.3 Å². The van der Waals surface area contributed by atoms with E-state index in [1.54, 1.807) is 11.3 Å². The van der Waals surface area contributed by atoms with Gasteiger partial charge in [0.1, 0.15) is 0 Å². The molecule has 0 bridgehead atoms. The Morgan fingerprint density at radius 1 is 1.62 bits per heavy atom. The molecule has 0 saturated carbocycles. The molecule has 0 aliphatic heterocycles. The highest BCUT2D eigenvalue weighted by Crippen LogP contribution is 2.12. The number of hydrogen-bond acceptors (Lipinski definition) is 3. The van der Waals surface area contributed by atoms with E-state index in [0.717, 1.165) is 19.5 Å². The molecule has 0 amide bonds. The molecule has 0 aliphatic rings. The molecule has 1 heterocycles. The van der Waals surface area contributed by atoms with Crippen molar-refractivity contribution in [1.82, 2.24) is 10.3 Å². The van der Waals surface area contributed by atoms with Gasteiger partial charge in [0.2, 0.25) is 0 Å². The smallest absolute Gasteiger partial charge is 0.0797 e. The monoisotopic (exact) mass is 196 g/mol. The molecule has 0 aliphatic carbocycles. The number of likely N-dealkylation sites (N-methyl/N-ethyl adjacent to an activating group) is 1. The zero-order valence-corrected chi connectivity index (χ0v) is 9.03. The van der Waals surface area contributed by atoms with Crippen molar-refractivity contribution in [3.8, 4) is 0 Å². The van der Waals surface area contributed by atoms with E-state index in [1.165, 1.54) is 10.5 Å². The Labute approximate surface area is 83.7 Å². The van der Waals surface area contributed by atoms with E-state index in [2.05, 4.69) is 30.2 Å². The van der Waals surface area contributed by atoms with Crippen LogP contribution in [0.15, 0.2) is 17.3 Å². The van der Waals surface area contributed by atoms with E-state index in [4.69, 9.17) is 0 Å². The summed E-state index contributed by atoms with van der Waals surface area (Å²) >= 11 is 1.68. The fraction of sp³-hybridized carbons (Fsp3) is 0.500. The van der Waals surface area contributed by atoms with Gasteiger partial charge in [-0.05, 0) is 19.0 Å². The molecule has 0 saturated heterocycles. The van der Waals surface area contributed by atoms with E-state index in [-0.39, 0.29) is 0 Å². The van der Waals surface area contributed by atoms with Gasteiger partial charge in [0.25, 0.3) is 0 Å². The van der Waals surface area contributed by atoms with E-state index >= 15 is 0 Å². The maximum Gasteiger partial charge on any atom is 0.0797 e. The third-order valence-electron chi connectivity index (χ3n) is 1.85. The highest BCUT2D eigenvalue weighted by Gasteiger charge is 1.95. The number of aromatic nitrogens is 1. The minimum Gasteiger partial charge on any atom is -0.313 e. The lowest BCUT2D eigenvalue weighted by Crippen LogP contribution is -2.15. The summed E-state index contributed by atoms with van der Waals surface area (Å²) in [7, 11) is 0. The standard InChI is InChI=1S/C10H16N2S/c1-3-9(6-11-4-2)5-10-7-12-8-13-10/h5,7-8,11H,3-4,6H2,1-2H3. The van der Waals surface area contributed by atoms with E-state index in [1.807, 2.05) is 11.7 Å². The van der Waals surface area contributed by atoms with Gasteiger partial charge in [-0.2, -0.15) is 0 Å². The summed E-state index contributed by atoms with van der Waals surface area (Å²) in [6.45, 7) is 6.33. The molecule has 3 heteroatoms. The van der Waals surface area contributed by atoms with Crippen molar-refractivity contribution in [1.29, 1.82) is 0 Å². The van der Waals surface area contributed by atoms with E-state index in [0.29, 0.717) is 0 Å². The Hall–Kier alpha value is -0.670. The van der Waals surface area contributed by atoms with Gasteiger partial charge >= 0.3 is 0 Å². The molecule has 1 N–H and O–H groups in total. The SMILES string of the molecule is CCNCC(=Cc1cncs1)CC. The van der Waals surface area contributed by atoms with Crippen molar-refractivity contribution in [2.75, 3.05) is 13.1 Å². The molecule has 0 unspecified atom stereocenters. The quantitative estimate of drug-likeness (QED) is 0.783. The van der Waals surface area contributed by atoms with E-state index in [9.17, 15) is 0 Å². The normalized spacial score (nSPS) is 12.0. The minimum absolute atomic E-state index is 0.991. The molecule has 0 atom stereocenters. The van der Waals surface area contributed by atoms with Crippen LogP contribution in [0.1, 0.15) is 25.1 Å². The van der Waals surface area contributed by atoms with Crippen LogP contribution in [0.5, 0.6) is 0 Å². The first kappa shape index (κ1) is 10.4. The van der Waals surface area contributed by atoms with Crippen LogP contribution in [0.2, 0.25) is 0 Å². The molecule has 72 valence electrons. The lowest BCUT2D eigenvalue weighted by Gasteiger charge is -2.03. The largest absolute Gasteiger partial charge is 0.313 e. The highest BCUT2D eigenvalue weighted by molar-refractivity contribution is 7.10. The van der Waals surface area contributed by atoms with Crippen LogP contribution in [0.3, 0.4) is 0 Å². The molecule has 0 fully saturated rings. The number of nitrogens with zero attached hydrogens (tertiary/aromatic N) is 1. The van der Waals surface area contributed by atoms with Crippen molar-refractivity contribution in [2.24, 2.45) is 0 Å². The number of rotatable bonds is 5. The first-order valence-electron chi connectivity index (χ1n) is 4.65. The maximum atomic E-state index is 4.04. The summed E-state index contributed by atoms with van der Waals surface area (Å²) < 4.78 is 0. The molecule has 1 rings (SSSR count). The van der Waals surface area contributed by atoms with Crippen molar-refractivity contribution in [3.05, 3.63) is 22.2 Å². The Balaban J connectivity index is 2.55. The Morgan fingerprint density at radius 2 is 2.46 bits per heavy atom. The molecular formula is C10H16N2S. The molecule has 0 radical (unpaired) electrons. The number of hydrogen-bond donors (Lipinski definition) is 1. The summed E-state index contributed by atoms with van der Waals surface area (Å²) in [6, 6.07) is 0. The van der Waals surface area contributed by atoms with Crippen LogP contribution in [-0.2, 0) is 0 Å². The molecule has 0 spiro atoms. The van der Waals surface area contributed by atoms with Crippen LogP contribution < -0.4 is 5.32 Å². The molecule has 13 heavy (non-hydrogen) atoms. The van der Waals surface area contributed by atoms with Gasteiger partial charge in [-0.15, -0.1) is 11.3 Å². The van der Waals surface area contributed by atoms with Crippen molar-refractivity contribution in [3.63, 3.8) is 0 Å². The second-order valence-electron chi connectivity index (χ2n) is 2.84.